The van der Waals surface area contributed by atoms with E-state index in [2.05, 4.69) is 31.5 Å². The molecule has 3 amide bonds. The molecule has 0 aliphatic heterocycles. The number of anilines is 1. The number of pyridine rings is 1. The molecule has 176 valence electrons. The molecule has 33 heavy (non-hydrogen) atoms. The summed E-state index contributed by atoms with van der Waals surface area (Å²) >= 11 is 16.5. The van der Waals surface area contributed by atoms with Crippen LogP contribution in [0.15, 0.2) is 35.1 Å². The second kappa shape index (κ2) is 10.6. The van der Waals surface area contributed by atoms with Gasteiger partial charge in [-0.25, -0.2) is 9.78 Å². The van der Waals surface area contributed by atoms with E-state index in [1.54, 1.807) is 19.2 Å². The topological polar surface area (TPSA) is 88.0 Å². The van der Waals surface area contributed by atoms with Gasteiger partial charge in [0.1, 0.15) is 11.2 Å². The lowest BCUT2D eigenvalue weighted by atomic mass is 10.2. The number of aryl methyl sites for hydroxylation is 1. The van der Waals surface area contributed by atoms with Crippen molar-refractivity contribution in [3.8, 4) is 5.75 Å². The zero-order chi connectivity index (χ0) is 24.3. The summed E-state index contributed by atoms with van der Waals surface area (Å²) in [6.07, 6.45) is 1.88. The second-order valence-corrected chi connectivity index (χ2v) is 9.17. The van der Waals surface area contributed by atoms with E-state index in [4.69, 9.17) is 27.9 Å². The zero-order valence-corrected chi connectivity index (χ0v) is 21.7. The van der Waals surface area contributed by atoms with Gasteiger partial charge in [0.2, 0.25) is 5.91 Å². The summed E-state index contributed by atoms with van der Waals surface area (Å²) in [4.78, 5) is 30.2. The Kier molecular flexibility index (Phi) is 8.10. The predicted octanol–water partition coefficient (Wildman–Crippen LogP) is 4.96. The normalized spacial score (nSPS) is 11.0. The molecule has 0 saturated carbocycles. The van der Waals surface area contributed by atoms with E-state index in [0.29, 0.717) is 27.7 Å². The van der Waals surface area contributed by atoms with Gasteiger partial charge >= 0.3 is 6.03 Å². The van der Waals surface area contributed by atoms with Gasteiger partial charge in [0.25, 0.3) is 0 Å². The largest absolute Gasteiger partial charge is 0.485 e. The number of nitrogens with one attached hydrogen (secondary N) is 2. The standard InChI is InChI=1S/C22H24BrCl2N5O3/c1-12(2)27-22(32)26-10-18(31)29(4)16-8-7-15(24)14(19(16)25)11-33-17-6-5-9-30-20(23)13(3)28-21(17)30/h5-9,12H,10-11H2,1-4H3,(H2,26,27,32). The average Bonchev–Trinajstić information content (AvgIpc) is 3.05. The molecule has 3 aromatic rings. The molecule has 2 heterocycles. The van der Waals surface area contributed by atoms with Crippen LogP contribution in [0.3, 0.4) is 0 Å². The maximum absolute atomic E-state index is 12.6. The van der Waals surface area contributed by atoms with Crippen molar-refractivity contribution < 1.29 is 14.3 Å². The molecule has 8 nitrogen and oxygen atoms in total. The number of nitrogens with zero attached hydrogens (tertiary/aromatic N) is 3. The van der Waals surface area contributed by atoms with E-state index in [-0.39, 0.29) is 30.1 Å². The third kappa shape index (κ3) is 5.72. The monoisotopic (exact) mass is 555 g/mol. The molecular formula is C22H24BrCl2N5O3. The lowest BCUT2D eigenvalue weighted by Crippen LogP contribution is -2.44. The number of halogens is 3. The Balaban J connectivity index is 1.77. The molecule has 0 aliphatic rings. The number of hydrogen-bond donors (Lipinski definition) is 2. The number of aromatic nitrogens is 2. The maximum atomic E-state index is 12.6. The van der Waals surface area contributed by atoms with E-state index in [1.807, 2.05) is 43.5 Å². The van der Waals surface area contributed by atoms with Crippen molar-refractivity contribution in [1.29, 1.82) is 0 Å². The van der Waals surface area contributed by atoms with Gasteiger partial charge < -0.3 is 20.3 Å². The van der Waals surface area contributed by atoms with Crippen molar-refractivity contribution in [3.63, 3.8) is 0 Å². The Morgan fingerprint density at radius 3 is 2.70 bits per heavy atom. The molecule has 0 radical (unpaired) electrons. The van der Waals surface area contributed by atoms with Crippen LogP contribution in [-0.2, 0) is 11.4 Å². The molecule has 0 atom stereocenters. The number of fused-ring (bicyclic) bond motifs is 1. The van der Waals surface area contributed by atoms with Crippen molar-refractivity contribution >= 4 is 62.4 Å². The summed E-state index contributed by atoms with van der Waals surface area (Å²) in [6.45, 7) is 5.45. The second-order valence-electron chi connectivity index (χ2n) is 7.64. The summed E-state index contributed by atoms with van der Waals surface area (Å²) in [5.74, 6) is 0.223. The lowest BCUT2D eigenvalue weighted by molar-refractivity contribution is -0.117. The van der Waals surface area contributed by atoms with Crippen LogP contribution in [0, 0.1) is 6.92 Å². The van der Waals surface area contributed by atoms with Crippen LogP contribution in [0.4, 0.5) is 10.5 Å². The molecule has 0 bridgehead atoms. The minimum Gasteiger partial charge on any atom is -0.485 e. The van der Waals surface area contributed by atoms with Gasteiger partial charge in [-0.15, -0.1) is 0 Å². The molecular weight excluding hydrogens is 533 g/mol. The van der Waals surface area contributed by atoms with E-state index >= 15 is 0 Å². The fraction of sp³-hybridized carbons (Fsp3) is 0.318. The minimum absolute atomic E-state index is 0.0380. The average molecular weight is 557 g/mol. The highest BCUT2D eigenvalue weighted by molar-refractivity contribution is 9.10. The van der Waals surface area contributed by atoms with E-state index in [1.165, 1.54) is 4.90 Å². The first-order valence-electron chi connectivity index (χ1n) is 10.1. The van der Waals surface area contributed by atoms with Crippen LogP contribution >= 0.6 is 39.1 Å². The fourth-order valence-corrected chi connectivity index (χ4v) is 4.07. The maximum Gasteiger partial charge on any atom is 0.315 e. The highest BCUT2D eigenvalue weighted by Crippen LogP contribution is 2.35. The molecule has 0 spiro atoms. The van der Waals surface area contributed by atoms with Crippen molar-refractivity contribution in [2.75, 3.05) is 18.5 Å². The van der Waals surface area contributed by atoms with Crippen LogP contribution in [0.2, 0.25) is 10.0 Å². The molecule has 2 N–H and O–H groups in total. The van der Waals surface area contributed by atoms with Gasteiger partial charge in [0.15, 0.2) is 11.4 Å². The number of urea groups is 1. The lowest BCUT2D eigenvalue weighted by Gasteiger charge is -2.21. The SMILES string of the molecule is Cc1nc2c(OCc3c(Cl)ccc(N(C)C(=O)CNC(=O)NC(C)C)c3Cl)cccn2c1Br. The molecule has 0 aliphatic carbocycles. The van der Waals surface area contributed by atoms with Crippen molar-refractivity contribution in [3.05, 3.63) is 56.4 Å². The third-order valence-electron chi connectivity index (χ3n) is 4.81. The summed E-state index contributed by atoms with van der Waals surface area (Å²) in [5.41, 5.74) is 2.47. The number of carbonyl (C=O) groups is 2. The first-order chi connectivity index (χ1) is 15.6. The van der Waals surface area contributed by atoms with Gasteiger partial charge in [-0.1, -0.05) is 23.2 Å². The zero-order valence-electron chi connectivity index (χ0n) is 18.6. The quantitative estimate of drug-likeness (QED) is 0.430. The molecule has 0 unspecified atom stereocenters. The van der Waals surface area contributed by atoms with Gasteiger partial charge in [0, 0.05) is 29.9 Å². The summed E-state index contributed by atoms with van der Waals surface area (Å²) in [5, 5.41) is 5.89. The van der Waals surface area contributed by atoms with Gasteiger partial charge in [-0.2, -0.15) is 0 Å². The molecule has 0 fully saturated rings. The number of ether oxygens (including phenoxy) is 1. The fourth-order valence-electron chi connectivity index (χ4n) is 3.09. The van der Waals surface area contributed by atoms with E-state index in [0.717, 1.165) is 10.3 Å². The Hall–Kier alpha value is -2.49. The van der Waals surface area contributed by atoms with Crippen LogP contribution < -0.4 is 20.3 Å². The predicted molar refractivity (Wildman–Crippen MR) is 134 cm³/mol. The number of carbonyl (C=O) groups excluding carboxylic acids is 2. The number of amides is 3. The molecule has 11 heteroatoms. The highest BCUT2D eigenvalue weighted by atomic mass is 79.9. The van der Waals surface area contributed by atoms with Crippen LogP contribution in [-0.4, -0.2) is 41.0 Å². The van der Waals surface area contributed by atoms with Crippen LogP contribution in [0.1, 0.15) is 25.1 Å². The summed E-state index contributed by atoms with van der Waals surface area (Å²) in [6, 6.07) is 6.51. The summed E-state index contributed by atoms with van der Waals surface area (Å²) < 4.78 is 8.72. The minimum atomic E-state index is -0.418. The van der Waals surface area contributed by atoms with Crippen molar-refractivity contribution in [2.24, 2.45) is 0 Å². The van der Waals surface area contributed by atoms with Crippen LogP contribution in [0.25, 0.3) is 5.65 Å². The van der Waals surface area contributed by atoms with E-state index < -0.39 is 6.03 Å². The molecule has 2 aromatic heterocycles. The molecule has 0 saturated heterocycles. The Labute approximate surface area is 210 Å². The van der Waals surface area contributed by atoms with Gasteiger partial charge in [0.05, 0.1) is 22.9 Å². The first-order valence-corrected chi connectivity index (χ1v) is 11.7. The number of rotatable bonds is 7. The van der Waals surface area contributed by atoms with Crippen molar-refractivity contribution in [1.82, 2.24) is 20.0 Å². The van der Waals surface area contributed by atoms with E-state index in [9.17, 15) is 9.59 Å². The Morgan fingerprint density at radius 1 is 1.27 bits per heavy atom. The number of imidazole rings is 1. The number of benzene rings is 1. The Morgan fingerprint density at radius 2 is 2.00 bits per heavy atom. The smallest absolute Gasteiger partial charge is 0.315 e. The number of likely N-dealkylation sites (N-methyl/N-ethyl adjacent to an activating group) is 1. The van der Waals surface area contributed by atoms with Gasteiger partial charge in [-0.3, -0.25) is 9.20 Å². The van der Waals surface area contributed by atoms with Crippen molar-refractivity contribution in [2.45, 2.75) is 33.4 Å². The summed E-state index contributed by atoms with van der Waals surface area (Å²) in [7, 11) is 1.58. The van der Waals surface area contributed by atoms with Crippen LogP contribution in [0.5, 0.6) is 5.75 Å². The Bertz CT molecular complexity index is 1200. The first kappa shape index (κ1) is 25.1. The molecule has 1 aromatic carbocycles. The molecule has 3 rings (SSSR count). The van der Waals surface area contributed by atoms with Gasteiger partial charge in [-0.05, 0) is 61.0 Å². The third-order valence-corrected chi connectivity index (χ3v) is 6.54. The number of hydrogen-bond acceptors (Lipinski definition) is 4. The highest BCUT2D eigenvalue weighted by Gasteiger charge is 2.20.